The Kier molecular flexibility index (Phi) is 3.95. The molecule has 2 aromatic rings. The van der Waals surface area contributed by atoms with Crippen LogP contribution in [0.4, 0.5) is 5.69 Å². The van der Waals surface area contributed by atoms with Crippen molar-refractivity contribution in [2.75, 3.05) is 12.8 Å². The zero-order chi connectivity index (χ0) is 15.4. The summed E-state index contributed by atoms with van der Waals surface area (Å²) in [5, 5.41) is 8.80. The lowest BCUT2D eigenvalue weighted by molar-refractivity contribution is 0.1000. The Labute approximate surface area is 121 Å². The molecule has 0 bridgehead atoms. The highest BCUT2D eigenvalue weighted by atomic mass is 16.5. The van der Waals surface area contributed by atoms with Gasteiger partial charge in [-0.05, 0) is 36.4 Å². The van der Waals surface area contributed by atoms with Crippen LogP contribution in [0.15, 0.2) is 36.4 Å². The number of benzene rings is 2. The number of hydrogen-bond donors (Lipinski definition) is 2. The molecule has 0 spiro atoms. The van der Waals surface area contributed by atoms with Gasteiger partial charge in [-0.25, -0.2) is 0 Å². The highest BCUT2D eigenvalue weighted by Gasteiger charge is 2.11. The molecule has 0 heterocycles. The molecular formula is C15H13N3O3. The summed E-state index contributed by atoms with van der Waals surface area (Å²) in [6.45, 7) is 0. The normalized spacial score (nSPS) is 9.71. The molecule has 0 saturated carbocycles. The average molecular weight is 283 g/mol. The van der Waals surface area contributed by atoms with Crippen LogP contribution in [-0.2, 0) is 0 Å². The minimum atomic E-state index is -0.558. The van der Waals surface area contributed by atoms with Gasteiger partial charge in [-0.3, -0.25) is 4.79 Å². The van der Waals surface area contributed by atoms with Gasteiger partial charge < -0.3 is 20.9 Å². The van der Waals surface area contributed by atoms with Crippen LogP contribution in [0.2, 0.25) is 0 Å². The molecule has 0 aromatic heterocycles. The van der Waals surface area contributed by atoms with Crippen molar-refractivity contribution < 1.29 is 14.3 Å². The molecule has 0 radical (unpaired) electrons. The number of hydrogen-bond acceptors (Lipinski definition) is 5. The Morgan fingerprint density at radius 3 is 2.43 bits per heavy atom. The fourth-order valence-corrected chi connectivity index (χ4v) is 1.73. The van der Waals surface area contributed by atoms with Crippen molar-refractivity contribution in [3.63, 3.8) is 0 Å². The summed E-state index contributed by atoms with van der Waals surface area (Å²) in [4.78, 5) is 11.1. The average Bonchev–Trinajstić information content (AvgIpc) is 2.49. The smallest absolute Gasteiger partial charge is 0.248 e. The van der Waals surface area contributed by atoms with Crippen LogP contribution in [0.1, 0.15) is 15.9 Å². The SMILES string of the molecule is COc1cc(C(N)=O)ccc1Oc1ccc(C#N)cc1N. The third kappa shape index (κ3) is 3.04. The summed E-state index contributed by atoms with van der Waals surface area (Å²) in [5.74, 6) is 0.575. The largest absolute Gasteiger partial charge is 0.493 e. The molecule has 2 aromatic carbocycles. The van der Waals surface area contributed by atoms with Crippen LogP contribution in [0.25, 0.3) is 0 Å². The standard InChI is InChI=1S/C15H13N3O3/c1-20-14-7-10(15(18)19)3-5-13(14)21-12-4-2-9(8-16)6-11(12)17/h2-7H,17H2,1H3,(H2,18,19). The van der Waals surface area contributed by atoms with Gasteiger partial charge >= 0.3 is 0 Å². The maximum absolute atomic E-state index is 11.1. The summed E-state index contributed by atoms with van der Waals surface area (Å²) >= 11 is 0. The molecule has 0 fully saturated rings. The number of nitrogens with zero attached hydrogens (tertiary/aromatic N) is 1. The van der Waals surface area contributed by atoms with Crippen LogP contribution in [0.5, 0.6) is 17.2 Å². The quantitative estimate of drug-likeness (QED) is 0.834. The van der Waals surface area contributed by atoms with Gasteiger partial charge in [-0.2, -0.15) is 5.26 Å². The summed E-state index contributed by atoms with van der Waals surface area (Å²) in [6, 6.07) is 11.3. The van der Waals surface area contributed by atoms with Crippen molar-refractivity contribution in [3.8, 4) is 23.3 Å². The van der Waals surface area contributed by atoms with E-state index in [1.54, 1.807) is 18.2 Å². The maximum atomic E-state index is 11.1. The molecule has 0 aliphatic rings. The van der Waals surface area contributed by atoms with Gasteiger partial charge in [0.25, 0.3) is 0 Å². The molecule has 21 heavy (non-hydrogen) atoms. The van der Waals surface area contributed by atoms with Crippen molar-refractivity contribution in [2.45, 2.75) is 0 Å². The highest BCUT2D eigenvalue weighted by Crippen LogP contribution is 2.35. The van der Waals surface area contributed by atoms with Crippen LogP contribution < -0.4 is 20.9 Å². The Hall–Kier alpha value is -3.20. The first kappa shape index (κ1) is 14.2. The van der Waals surface area contributed by atoms with Gasteiger partial charge in [0.15, 0.2) is 17.2 Å². The number of amides is 1. The van der Waals surface area contributed by atoms with E-state index in [9.17, 15) is 4.79 Å². The molecule has 2 rings (SSSR count). The fourth-order valence-electron chi connectivity index (χ4n) is 1.73. The molecule has 1 amide bonds. The minimum absolute atomic E-state index is 0.312. The first-order valence-electron chi connectivity index (χ1n) is 6.00. The summed E-state index contributed by atoms with van der Waals surface area (Å²) in [7, 11) is 1.45. The van der Waals surface area contributed by atoms with Gasteiger partial charge in [0, 0.05) is 5.56 Å². The molecule has 0 saturated heterocycles. The molecule has 6 nitrogen and oxygen atoms in total. The Morgan fingerprint density at radius 1 is 1.14 bits per heavy atom. The summed E-state index contributed by atoms with van der Waals surface area (Å²) in [5.41, 5.74) is 12.1. The van der Waals surface area contributed by atoms with E-state index in [-0.39, 0.29) is 0 Å². The number of nitrogens with two attached hydrogens (primary N) is 2. The molecule has 6 heteroatoms. The lowest BCUT2D eigenvalue weighted by atomic mass is 10.2. The van der Waals surface area contributed by atoms with E-state index >= 15 is 0 Å². The van der Waals surface area contributed by atoms with Crippen LogP contribution in [0, 0.1) is 11.3 Å². The topological polar surface area (TPSA) is 111 Å². The first-order valence-corrected chi connectivity index (χ1v) is 6.00. The number of anilines is 1. The number of primary amides is 1. The van der Waals surface area contributed by atoms with Crippen molar-refractivity contribution in [3.05, 3.63) is 47.5 Å². The van der Waals surface area contributed by atoms with Crippen molar-refractivity contribution in [1.82, 2.24) is 0 Å². The second kappa shape index (κ2) is 5.84. The van der Waals surface area contributed by atoms with Crippen molar-refractivity contribution in [2.24, 2.45) is 5.73 Å². The van der Waals surface area contributed by atoms with Gasteiger partial charge in [0.2, 0.25) is 5.91 Å². The summed E-state index contributed by atoms with van der Waals surface area (Å²) in [6.07, 6.45) is 0. The second-order valence-electron chi connectivity index (χ2n) is 4.20. The maximum Gasteiger partial charge on any atom is 0.248 e. The van der Waals surface area contributed by atoms with Gasteiger partial charge in [-0.15, -0.1) is 0 Å². The molecular weight excluding hydrogens is 270 g/mol. The van der Waals surface area contributed by atoms with E-state index in [0.717, 1.165) is 0 Å². The molecule has 0 aliphatic carbocycles. The zero-order valence-electron chi connectivity index (χ0n) is 11.3. The number of nitrogen functional groups attached to an aromatic ring is 1. The molecule has 4 N–H and O–H groups in total. The highest BCUT2D eigenvalue weighted by molar-refractivity contribution is 5.93. The van der Waals surface area contributed by atoms with Crippen LogP contribution in [0.3, 0.4) is 0 Å². The van der Waals surface area contributed by atoms with E-state index in [1.165, 1.54) is 25.3 Å². The third-order valence-electron chi connectivity index (χ3n) is 2.81. The lowest BCUT2D eigenvalue weighted by Gasteiger charge is -2.12. The van der Waals surface area contributed by atoms with E-state index in [4.69, 9.17) is 26.2 Å². The van der Waals surface area contributed by atoms with E-state index < -0.39 is 5.91 Å². The number of rotatable bonds is 4. The number of nitriles is 1. The molecule has 0 unspecified atom stereocenters. The number of carbonyl (C=O) groups is 1. The first-order chi connectivity index (χ1) is 10.0. The Morgan fingerprint density at radius 2 is 1.86 bits per heavy atom. The molecule has 0 atom stereocenters. The molecule has 106 valence electrons. The van der Waals surface area contributed by atoms with E-state index in [2.05, 4.69) is 0 Å². The Balaban J connectivity index is 2.35. The van der Waals surface area contributed by atoms with Crippen molar-refractivity contribution >= 4 is 11.6 Å². The van der Waals surface area contributed by atoms with Gasteiger partial charge in [0.05, 0.1) is 24.4 Å². The number of carbonyl (C=O) groups excluding carboxylic acids is 1. The Bertz CT molecular complexity index is 735. The van der Waals surface area contributed by atoms with Gasteiger partial charge in [-0.1, -0.05) is 0 Å². The predicted octanol–water partition coefficient (Wildman–Crippen LogP) is 2.04. The predicted molar refractivity (Wildman–Crippen MR) is 77.2 cm³/mol. The lowest BCUT2D eigenvalue weighted by Crippen LogP contribution is -2.10. The second-order valence-corrected chi connectivity index (χ2v) is 4.20. The number of methoxy groups -OCH3 is 1. The third-order valence-corrected chi connectivity index (χ3v) is 2.81. The minimum Gasteiger partial charge on any atom is -0.493 e. The summed E-state index contributed by atoms with van der Waals surface area (Å²) < 4.78 is 10.8. The monoisotopic (exact) mass is 283 g/mol. The van der Waals surface area contributed by atoms with Crippen LogP contribution in [-0.4, -0.2) is 13.0 Å². The molecule has 0 aliphatic heterocycles. The fraction of sp³-hybridized carbons (Fsp3) is 0.0667. The van der Waals surface area contributed by atoms with Crippen molar-refractivity contribution in [1.29, 1.82) is 5.26 Å². The van der Waals surface area contributed by atoms with Crippen LogP contribution >= 0.6 is 0 Å². The van der Waals surface area contributed by atoms with Gasteiger partial charge in [0.1, 0.15) is 0 Å². The van der Waals surface area contributed by atoms with E-state index in [1.807, 2.05) is 6.07 Å². The number of ether oxygens (including phenoxy) is 2. The zero-order valence-corrected chi connectivity index (χ0v) is 11.3. The van der Waals surface area contributed by atoms with E-state index in [0.29, 0.717) is 34.1 Å².